The van der Waals surface area contributed by atoms with Gasteiger partial charge < -0.3 is 15.5 Å². The highest BCUT2D eigenvalue weighted by Gasteiger charge is 2.18. The zero-order valence-corrected chi connectivity index (χ0v) is 12.0. The summed E-state index contributed by atoms with van der Waals surface area (Å²) >= 11 is 5.18. The molecule has 18 heavy (non-hydrogen) atoms. The van der Waals surface area contributed by atoms with Crippen LogP contribution in [0.3, 0.4) is 0 Å². The number of hydrogen-bond donors (Lipinski definition) is 1. The molecule has 3 nitrogen and oxygen atoms in total. The molecule has 1 aliphatic heterocycles. The average Bonchev–Trinajstić information content (AvgIpc) is 2.53. The second-order valence-corrected chi connectivity index (χ2v) is 5.42. The molecule has 2 N–H and O–H groups in total. The molecule has 4 heteroatoms. The molecule has 0 bridgehead atoms. The summed E-state index contributed by atoms with van der Waals surface area (Å²) in [4.78, 5) is 5.29. The Labute approximate surface area is 115 Å². The van der Waals surface area contributed by atoms with Gasteiger partial charge in [0.25, 0.3) is 0 Å². The maximum atomic E-state index is 5.85. The quantitative estimate of drug-likeness (QED) is 0.824. The lowest BCUT2D eigenvalue weighted by Gasteiger charge is -2.27. The first-order chi connectivity index (χ1) is 8.59. The number of nitrogens with zero attached hydrogens (tertiary/aromatic N) is 2. The molecule has 1 aromatic carbocycles. The molecule has 1 fully saturated rings. The maximum Gasteiger partial charge on any atom is 0.106 e. The van der Waals surface area contributed by atoms with Crippen LogP contribution >= 0.6 is 12.2 Å². The Balaban J connectivity index is 2.34. The number of aryl methyl sites for hydroxylation is 1. The highest BCUT2D eigenvalue weighted by molar-refractivity contribution is 7.80. The van der Waals surface area contributed by atoms with Crippen molar-refractivity contribution in [2.24, 2.45) is 5.73 Å². The summed E-state index contributed by atoms with van der Waals surface area (Å²) < 4.78 is 0. The molecule has 0 spiro atoms. The Kier molecular flexibility index (Phi) is 4.19. The van der Waals surface area contributed by atoms with Gasteiger partial charge in [-0.25, -0.2) is 0 Å². The van der Waals surface area contributed by atoms with Crippen molar-refractivity contribution in [1.29, 1.82) is 0 Å². The van der Waals surface area contributed by atoms with E-state index < -0.39 is 0 Å². The monoisotopic (exact) mass is 263 g/mol. The zero-order chi connectivity index (χ0) is 13.1. The van der Waals surface area contributed by atoms with Gasteiger partial charge in [0.2, 0.25) is 0 Å². The van der Waals surface area contributed by atoms with Crippen LogP contribution < -0.4 is 10.6 Å². The normalized spacial score (nSPS) is 17.6. The van der Waals surface area contributed by atoms with E-state index >= 15 is 0 Å². The summed E-state index contributed by atoms with van der Waals surface area (Å²) in [7, 11) is 2.18. The molecule has 0 unspecified atom stereocenters. The molecule has 0 saturated carbocycles. The summed E-state index contributed by atoms with van der Waals surface area (Å²) in [5, 5.41) is 0. The minimum atomic E-state index is 0.492. The van der Waals surface area contributed by atoms with Gasteiger partial charge in [-0.15, -0.1) is 0 Å². The standard InChI is InChI=1S/C14H21N3S/c1-11-5-3-6-12(14(15)18)13(11)17-8-4-7-16(2)9-10-17/h3,5-6H,4,7-10H2,1-2H3,(H2,15,18). The van der Waals surface area contributed by atoms with Crippen molar-refractivity contribution < 1.29 is 0 Å². The second kappa shape index (κ2) is 5.67. The fourth-order valence-corrected chi connectivity index (χ4v) is 2.71. The van der Waals surface area contributed by atoms with Gasteiger partial charge in [-0.2, -0.15) is 0 Å². The van der Waals surface area contributed by atoms with E-state index in [4.69, 9.17) is 18.0 Å². The predicted molar refractivity (Wildman–Crippen MR) is 81.4 cm³/mol. The van der Waals surface area contributed by atoms with Crippen LogP contribution in [0.15, 0.2) is 18.2 Å². The molecule has 2 rings (SSSR count). The molecule has 1 aliphatic rings. The molecule has 0 aromatic heterocycles. The summed E-state index contributed by atoms with van der Waals surface area (Å²) in [6.45, 7) is 6.49. The maximum absolute atomic E-state index is 5.85. The number of hydrogen-bond acceptors (Lipinski definition) is 3. The third-order valence-corrected chi connectivity index (χ3v) is 3.76. The van der Waals surface area contributed by atoms with Crippen LogP contribution in [-0.2, 0) is 0 Å². The Morgan fingerprint density at radius 3 is 2.72 bits per heavy atom. The van der Waals surface area contributed by atoms with Crippen LogP contribution in [0.25, 0.3) is 0 Å². The van der Waals surface area contributed by atoms with Crippen LogP contribution in [0.5, 0.6) is 0 Å². The topological polar surface area (TPSA) is 32.5 Å². The third-order valence-electron chi connectivity index (χ3n) is 3.54. The van der Waals surface area contributed by atoms with E-state index in [0.29, 0.717) is 4.99 Å². The largest absolute Gasteiger partial charge is 0.389 e. The molecule has 0 aliphatic carbocycles. The van der Waals surface area contributed by atoms with E-state index in [-0.39, 0.29) is 0 Å². The van der Waals surface area contributed by atoms with E-state index in [2.05, 4.69) is 29.8 Å². The number of thiocarbonyl (C=S) groups is 1. The number of nitrogens with two attached hydrogens (primary N) is 1. The fraction of sp³-hybridized carbons (Fsp3) is 0.500. The smallest absolute Gasteiger partial charge is 0.106 e. The average molecular weight is 263 g/mol. The van der Waals surface area contributed by atoms with Crippen LogP contribution in [0.2, 0.25) is 0 Å². The molecule has 98 valence electrons. The first-order valence-electron chi connectivity index (χ1n) is 6.42. The third kappa shape index (κ3) is 2.82. The Hall–Kier alpha value is -1.13. The number of anilines is 1. The molecule has 0 atom stereocenters. The number of benzene rings is 1. The second-order valence-electron chi connectivity index (χ2n) is 4.98. The summed E-state index contributed by atoms with van der Waals surface area (Å²) in [5.41, 5.74) is 9.34. The van der Waals surface area contributed by atoms with Crippen molar-refractivity contribution in [3.8, 4) is 0 Å². The van der Waals surface area contributed by atoms with Crippen molar-refractivity contribution in [3.05, 3.63) is 29.3 Å². The summed E-state index contributed by atoms with van der Waals surface area (Å²) in [5.74, 6) is 0. The minimum absolute atomic E-state index is 0.492. The van der Waals surface area contributed by atoms with E-state index in [9.17, 15) is 0 Å². The molecule has 0 radical (unpaired) electrons. The van der Waals surface area contributed by atoms with E-state index in [1.54, 1.807) is 0 Å². The first-order valence-corrected chi connectivity index (χ1v) is 6.83. The Bertz CT molecular complexity index is 445. The SMILES string of the molecule is Cc1cccc(C(N)=S)c1N1CCCN(C)CC1. The first kappa shape index (κ1) is 13.3. The molecule has 1 saturated heterocycles. The van der Waals surface area contributed by atoms with Crippen LogP contribution in [0.1, 0.15) is 17.5 Å². The van der Waals surface area contributed by atoms with Gasteiger partial charge in [-0.1, -0.05) is 24.4 Å². The molecule has 0 amide bonds. The Morgan fingerprint density at radius 2 is 2.00 bits per heavy atom. The number of likely N-dealkylation sites (N-methyl/N-ethyl adjacent to an activating group) is 1. The van der Waals surface area contributed by atoms with Crippen molar-refractivity contribution in [1.82, 2.24) is 4.90 Å². The lowest BCUT2D eigenvalue weighted by atomic mass is 10.1. The van der Waals surface area contributed by atoms with Gasteiger partial charge in [0, 0.05) is 30.9 Å². The lowest BCUT2D eigenvalue weighted by Crippen LogP contribution is -2.31. The van der Waals surface area contributed by atoms with E-state index in [1.165, 1.54) is 17.7 Å². The van der Waals surface area contributed by atoms with Crippen LogP contribution in [0.4, 0.5) is 5.69 Å². The van der Waals surface area contributed by atoms with E-state index in [1.807, 2.05) is 12.1 Å². The van der Waals surface area contributed by atoms with Gasteiger partial charge in [-0.05, 0) is 38.6 Å². The number of rotatable bonds is 2. The van der Waals surface area contributed by atoms with Gasteiger partial charge in [-0.3, -0.25) is 0 Å². The van der Waals surface area contributed by atoms with Crippen molar-refractivity contribution >= 4 is 22.9 Å². The van der Waals surface area contributed by atoms with Gasteiger partial charge in [0.15, 0.2) is 0 Å². The van der Waals surface area contributed by atoms with Crippen molar-refractivity contribution in [3.63, 3.8) is 0 Å². The molecular weight excluding hydrogens is 242 g/mol. The molecule has 1 heterocycles. The predicted octanol–water partition coefficient (Wildman–Crippen LogP) is 1.77. The fourth-order valence-electron chi connectivity index (χ4n) is 2.55. The van der Waals surface area contributed by atoms with Crippen LogP contribution in [0, 0.1) is 6.92 Å². The zero-order valence-electron chi connectivity index (χ0n) is 11.1. The Morgan fingerprint density at radius 1 is 1.22 bits per heavy atom. The minimum Gasteiger partial charge on any atom is -0.389 e. The lowest BCUT2D eigenvalue weighted by molar-refractivity contribution is 0.360. The molecular formula is C14H21N3S. The van der Waals surface area contributed by atoms with Crippen molar-refractivity contribution in [2.45, 2.75) is 13.3 Å². The summed E-state index contributed by atoms with van der Waals surface area (Å²) in [6, 6.07) is 6.18. The highest BCUT2D eigenvalue weighted by atomic mass is 32.1. The van der Waals surface area contributed by atoms with E-state index in [0.717, 1.165) is 31.7 Å². The van der Waals surface area contributed by atoms with Crippen molar-refractivity contribution in [2.75, 3.05) is 38.1 Å². The number of para-hydroxylation sites is 1. The molecule has 1 aromatic rings. The van der Waals surface area contributed by atoms with Crippen LogP contribution in [-0.4, -0.2) is 43.1 Å². The van der Waals surface area contributed by atoms with Gasteiger partial charge in [0.05, 0.1) is 0 Å². The van der Waals surface area contributed by atoms with Gasteiger partial charge in [0.1, 0.15) is 4.99 Å². The van der Waals surface area contributed by atoms with Gasteiger partial charge >= 0.3 is 0 Å². The summed E-state index contributed by atoms with van der Waals surface area (Å²) in [6.07, 6.45) is 1.18. The highest BCUT2D eigenvalue weighted by Crippen LogP contribution is 2.26.